The van der Waals surface area contributed by atoms with Crippen LogP contribution in [0.4, 0.5) is 5.69 Å². The number of aromatic nitrogens is 6. The van der Waals surface area contributed by atoms with Crippen LogP contribution in [0.5, 0.6) is 5.75 Å². The van der Waals surface area contributed by atoms with Crippen molar-refractivity contribution >= 4 is 11.3 Å². The molecule has 0 amide bonds. The van der Waals surface area contributed by atoms with Gasteiger partial charge in [-0.3, -0.25) is 0 Å². The average Bonchev–Trinajstić information content (AvgIpc) is 3.35. The van der Waals surface area contributed by atoms with Gasteiger partial charge >= 0.3 is 0 Å². The van der Waals surface area contributed by atoms with Gasteiger partial charge < -0.3 is 10.1 Å². The normalized spacial score (nSPS) is 11.3. The van der Waals surface area contributed by atoms with E-state index in [4.69, 9.17) is 4.74 Å². The van der Waals surface area contributed by atoms with Crippen LogP contribution in [0, 0.1) is 0 Å². The van der Waals surface area contributed by atoms with Crippen LogP contribution in [0.2, 0.25) is 0 Å². The quantitative estimate of drug-likeness (QED) is 0.567. The molecular weight excluding hydrogens is 342 g/mol. The van der Waals surface area contributed by atoms with Crippen LogP contribution in [0.15, 0.2) is 49.1 Å². The summed E-state index contributed by atoms with van der Waals surface area (Å²) in [5.74, 6) is 1.11. The van der Waals surface area contributed by atoms with Crippen molar-refractivity contribution in [2.24, 2.45) is 0 Å². The van der Waals surface area contributed by atoms with Gasteiger partial charge in [-0.2, -0.15) is 14.7 Å². The van der Waals surface area contributed by atoms with E-state index in [9.17, 15) is 0 Å². The number of anilines is 1. The zero-order valence-electron chi connectivity index (χ0n) is 15.5. The summed E-state index contributed by atoms with van der Waals surface area (Å²) in [5.41, 5.74) is 4.60. The summed E-state index contributed by atoms with van der Waals surface area (Å²) in [5, 5.41) is 20.5. The standard InChI is InChI=1S/C19H21N7O/c1-13(2)17-8-18(19-23-21-12-26(19)24-17)20-9-14-10-22-25(11-14)15-5-4-6-16(7-15)27-3/h4-8,10-13,20H,9H2,1-3H3. The molecule has 3 aromatic heterocycles. The van der Waals surface area contributed by atoms with Gasteiger partial charge in [-0.1, -0.05) is 19.9 Å². The van der Waals surface area contributed by atoms with E-state index >= 15 is 0 Å². The van der Waals surface area contributed by atoms with E-state index in [0.717, 1.165) is 28.4 Å². The summed E-state index contributed by atoms with van der Waals surface area (Å²) in [6.45, 7) is 4.84. The Balaban J connectivity index is 1.55. The predicted molar refractivity (Wildman–Crippen MR) is 102 cm³/mol. The van der Waals surface area contributed by atoms with Crippen LogP contribution < -0.4 is 10.1 Å². The number of hydrogen-bond donors (Lipinski definition) is 1. The van der Waals surface area contributed by atoms with Crippen LogP contribution in [-0.4, -0.2) is 36.7 Å². The van der Waals surface area contributed by atoms with Gasteiger partial charge in [0.15, 0.2) is 0 Å². The minimum atomic E-state index is 0.313. The third-order valence-corrected chi connectivity index (χ3v) is 4.32. The van der Waals surface area contributed by atoms with Crippen LogP contribution in [-0.2, 0) is 6.54 Å². The number of nitrogens with zero attached hydrogens (tertiary/aromatic N) is 6. The number of benzene rings is 1. The molecule has 0 aliphatic carbocycles. The van der Waals surface area contributed by atoms with Crippen molar-refractivity contribution in [2.75, 3.05) is 12.4 Å². The minimum Gasteiger partial charge on any atom is -0.497 e. The fraction of sp³-hybridized carbons (Fsp3) is 0.263. The Kier molecular flexibility index (Phi) is 4.45. The highest BCUT2D eigenvalue weighted by molar-refractivity contribution is 5.66. The molecule has 1 N–H and O–H groups in total. The molecule has 0 aliphatic heterocycles. The minimum absolute atomic E-state index is 0.313. The maximum atomic E-state index is 5.28. The number of nitrogens with one attached hydrogen (secondary N) is 1. The second-order valence-electron chi connectivity index (χ2n) is 6.58. The van der Waals surface area contributed by atoms with Crippen molar-refractivity contribution in [1.82, 2.24) is 29.6 Å². The zero-order valence-corrected chi connectivity index (χ0v) is 15.5. The van der Waals surface area contributed by atoms with Crippen LogP contribution in [0.25, 0.3) is 11.3 Å². The van der Waals surface area contributed by atoms with E-state index < -0.39 is 0 Å². The molecule has 0 spiro atoms. The molecule has 0 bridgehead atoms. The number of ether oxygens (including phenoxy) is 1. The fourth-order valence-corrected chi connectivity index (χ4v) is 2.80. The second-order valence-corrected chi connectivity index (χ2v) is 6.58. The summed E-state index contributed by atoms with van der Waals surface area (Å²) < 4.78 is 8.81. The molecule has 4 rings (SSSR count). The Hall–Kier alpha value is -3.42. The summed E-state index contributed by atoms with van der Waals surface area (Å²) in [6, 6.07) is 9.82. The van der Waals surface area contributed by atoms with Crippen molar-refractivity contribution in [1.29, 1.82) is 0 Å². The van der Waals surface area contributed by atoms with Crippen molar-refractivity contribution in [2.45, 2.75) is 26.3 Å². The van der Waals surface area contributed by atoms with Crippen molar-refractivity contribution < 1.29 is 4.74 Å². The first-order chi connectivity index (χ1) is 13.1. The molecule has 0 aliphatic rings. The molecular formula is C19H21N7O. The van der Waals surface area contributed by atoms with Crippen molar-refractivity contribution in [3.8, 4) is 11.4 Å². The fourth-order valence-electron chi connectivity index (χ4n) is 2.80. The highest BCUT2D eigenvalue weighted by atomic mass is 16.5. The third kappa shape index (κ3) is 3.46. The molecule has 8 heteroatoms. The van der Waals surface area contributed by atoms with E-state index in [1.807, 2.05) is 47.4 Å². The molecule has 0 atom stereocenters. The first-order valence-corrected chi connectivity index (χ1v) is 8.77. The van der Waals surface area contributed by atoms with E-state index in [-0.39, 0.29) is 0 Å². The van der Waals surface area contributed by atoms with Crippen LogP contribution in [0.3, 0.4) is 0 Å². The Morgan fingerprint density at radius 3 is 2.93 bits per heavy atom. The topological polar surface area (TPSA) is 82.2 Å². The molecule has 0 fully saturated rings. The second kappa shape index (κ2) is 7.06. The summed E-state index contributed by atoms with van der Waals surface area (Å²) >= 11 is 0. The lowest BCUT2D eigenvalue weighted by atomic mass is 10.1. The van der Waals surface area contributed by atoms with Gasteiger partial charge in [0.1, 0.15) is 12.1 Å². The maximum Gasteiger partial charge on any atom is 0.200 e. The molecule has 27 heavy (non-hydrogen) atoms. The largest absolute Gasteiger partial charge is 0.497 e. The summed E-state index contributed by atoms with van der Waals surface area (Å²) in [6.07, 6.45) is 5.46. The van der Waals surface area contributed by atoms with Gasteiger partial charge in [0.25, 0.3) is 0 Å². The molecule has 0 saturated carbocycles. The Bertz CT molecular complexity index is 1070. The molecule has 0 unspecified atom stereocenters. The molecule has 8 nitrogen and oxygen atoms in total. The van der Waals surface area contributed by atoms with Gasteiger partial charge in [-0.25, -0.2) is 4.68 Å². The first-order valence-electron chi connectivity index (χ1n) is 8.77. The Morgan fingerprint density at radius 1 is 1.22 bits per heavy atom. The molecule has 138 valence electrons. The van der Waals surface area contributed by atoms with Gasteiger partial charge in [0.2, 0.25) is 5.65 Å². The molecule has 0 radical (unpaired) electrons. The molecule has 3 heterocycles. The number of rotatable bonds is 6. The lowest BCUT2D eigenvalue weighted by Crippen LogP contribution is -2.06. The van der Waals surface area contributed by atoms with E-state index in [0.29, 0.717) is 18.1 Å². The average molecular weight is 363 g/mol. The van der Waals surface area contributed by atoms with Gasteiger partial charge in [-0.05, 0) is 24.1 Å². The lowest BCUT2D eigenvalue weighted by molar-refractivity contribution is 0.414. The molecule has 1 aromatic carbocycles. The first kappa shape index (κ1) is 17.0. The third-order valence-electron chi connectivity index (χ3n) is 4.32. The zero-order chi connectivity index (χ0) is 18.8. The number of fused-ring (bicyclic) bond motifs is 1. The van der Waals surface area contributed by atoms with E-state index in [1.54, 1.807) is 18.0 Å². The van der Waals surface area contributed by atoms with Crippen LogP contribution >= 0.6 is 0 Å². The van der Waals surface area contributed by atoms with E-state index in [2.05, 4.69) is 39.6 Å². The van der Waals surface area contributed by atoms with Gasteiger partial charge in [-0.15, -0.1) is 10.2 Å². The SMILES string of the molecule is COc1cccc(-n2cc(CNc3cc(C(C)C)nn4cnnc34)cn2)c1. The summed E-state index contributed by atoms with van der Waals surface area (Å²) in [4.78, 5) is 0. The van der Waals surface area contributed by atoms with E-state index in [1.165, 1.54) is 0 Å². The monoisotopic (exact) mass is 363 g/mol. The highest BCUT2D eigenvalue weighted by Gasteiger charge is 2.11. The van der Waals surface area contributed by atoms with Gasteiger partial charge in [0, 0.05) is 24.4 Å². The highest BCUT2D eigenvalue weighted by Crippen LogP contribution is 2.21. The van der Waals surface area contributed by atoms with Crippen LogP contribution in [0.1, 0.15) is 31.0 Å². The smallest absolute Gasteiger partial charge is 0.200 e. The number of hydrogen-bond acceptors (Lipinski definition) is 6. The lowest BCUT2D eigenvalue weighted by Gasteiger charge is -2.10. The predicted octanol–water partition coefficient (Wildman–Crippen LogP) is 3.05. The van der Waals surface area contributed by atoms with Gasteiger partial charge in [0.05, 0.1) is 30.4 Å². The summed E-state index contributed by atoms with van der Waals surface area (Å²) in [7, 11) is 1.66. The molecule has 0 saturated heterocycles. The van der Waals surface area contributed by atoms with Crippen molar-refractivity contribution in [3.05, 3.63) is 60.3 Å². The van der Waals surface area contributed by atoms with Crippen molar-refractivity contribution in [3.63, 3.8) is 0 Å². The maximum absolute atomic E-state index is 5.28. The number of methoxy groups -OCH3 is 1. The Morgan fingerprint density at radius 2 is 2.11 bits per heavy atom. The Labute approximate surface area is 156 Å². The molecule has 4 aromatic rings.